The summed E-state index contributed by atoms with van der Waals surface area (Å²) in [5.41, 5.74) is 5.44. The van der Waals surface area contributed by atoms with E-state index < -0.39 is 0 Å². The average Bonchev–Trinajstić information content (AvgIpc) is 3.25. The van der Waals surface area contributed by atoms with Crippen molar-refractivity contribution in [3.05, 3.63) is 106 Å². The third-order valence-electron chi connectivity index (χ3n) is 9.34. The first kappa shape index (κ1) is 31.4. The summed E-state index contributed by atoms with van der Waals surface area (Å²) in [7, 11) is 0. The Labute approximate surface area is 280 Å². The lowest BCUT2D eigenvalue weighted by atomic mass is 9.95. The van der Waals surface area contributed by atoms with Crippen LogP contribution in [0.4, 0.5) is 16.0 Å². The number of nitrogens with one attached hydrogen (secondary N) is 1. The topological polar surface area (TPSA) is 77.0 Å². The number of aromatic nitrogens is 2. The number of fused-ring (bicyclic) bond motifs is 3. The number of benzene rings is 3. The fraction of sp³-hybridized carbons (Fsp3) is 0.351. The van der Waals surface area contributed by atoms with E-state index in [0.717, 1.165) is 49.5 Å². The predicted octanol–water partition coefficient (Wildman–Crippen LogP) is 6.66. The Bertz CT molecular complexity index is 1770. The number of hydrogen-bond donors (Lipinski definition) is 1. The minimum absolute atomic E-state index is 0.0618. The van der Waals surface area contributed by atoms with E-state index in [-0.39, 0.29) is 11.7 Å². The van der Waals surface area contributed by atoms with E-state index in [9.17, 15) is 9.18 Å². The maximum atomic E-state index is 14.9. The number of hydrogen-bond acceptors (Lipinski definition) is 7. The van der Waals surface area contributed by atoms with Crippen molar-refractivity contribution < 1.29 is 9.18 Å². The van der Waals surface area contributed by atoms with Gasteiger partial charge in [0.1, 0.15) is 5.82 Å². The molecule has 0 spiro atoms. The molecule has 7 rings (SSSR count). The number of carbonyl (C=O) groups is 1. The van der Waals surface area contributed by atoms with Crippen LogP contribution in [0.15, 0.2) is 77.9 Å². The number of nitrogens with zero attached hydrogens (tertiary/aromatic N) is 6. The predicted molar refractivity (Wildman–Crippen MR) is 185 cm³/mol. The normalized spacial score (nSPS) is 17.0. The van der Waals surface area contributed by atoms with Crippen LogP contribution in [-0.2, 0) is 6.54 Å². The third-order valence-corrected chi connectivity index (χ3v) is 9.57. The van der Waals surface area contributed by atoms with Crippen molar-refractivity contribution in [1.29, 1.82) is 0 Å². The lowest BCUT2D eigenvalue weighted by Gasteiger charge is -2.35. The van der Waals surface area contributed by atoms with Crippen molar-refractivity contribution >= 4 is 34.9 Å². The first-order valence-electron chi connectivity index (χ1n) is 16.6. The van der Waals surface area contributed by atoms with Gasteiger partial charge in [-0.05, 0) is 94.0 Å². The van der Waals surface area contributed by atoms with E-state index in [0.29, 0.717) is 45.6 Å². The molecule has 8 nitrogen and oxygen atoms in total. The van der Waals surface area contributed by atoms with Gasteiger partial charge in [0, 0.05) is 70.9 Å². The van der Waals surface area contributed by atoms with Crippen LogP contribution in [0.1, 0.15) is 52.7 Å². The maximum absolute atomic E-state index is 14.9. The molecule has 1 aromatic heterocycles. The standard InChI is InChI=1S/C37H39ClFN7O/c38-28-11-14-30-32(23-28)35(31-7-2-3-8-33(31)39)40-24-27-25-41-37(43-34(27)30)42-29-12-9-26(10-13-29)36(47)46-21-19-45(20-22-46)18-6-17-44-15-4-1-5-16-44/h2-3,7-14,23,25H,1,4-6,15-22,24H2,(H,41,42,43). The number of aliphatic imine (C=N–C) groups is 1. The number of likely N-dealkylation sites (tertiary alicyclic amines) is 1. The molecular weight excluding hydrogens is 613 g/mol. The Balaban J connectivity index is 0.992. The second-order valence-electron chi connectivity index (χ2n) is 12.5. The van der Waals surface area contributed by atoms with Gasteiger partial charge >= 0.3 is 0 Å². The largest absolute Gasteiger partial charge is 0.336 e. The van der Waals surface area contributed by atoms with Gasteiger partial charge < -0.3 is 15.1 Å². The van der Waals surface area contributed by atoms with Gasteiger partial charge in [-0.15, -0.1) is 0 Å². The zero-order valence-corrected chi connectivity index (χ0v) is 27.2. The van der Waals surface area contributed by atoms with Gasteiger partial charge in [-0.3, -0.25) is 14.7 Å². The third kappa shape index (κ3) is 7.22. The summed E-state index contributed by atoms with van der Waals surface area (Å²) in [5.74, 6) is 0.125. The Kier molecular flexibility index (Phi) is 9.56. The highest BCUT2D eigenvalue weighted by molar-refractivity contribution is 6.31. The van der Waals surface area contributed by atoms with Crippen molar-refractivity contribution in [2.24, 2.45) is 4.99 Å². The molecule has 3 aliphatic heterocycles. The number of rotatable bonds is 8. The molecule has 47 heavy (non-hydrogen) atoms. The lowest BCUT2D eigenvalue weighted by Crippen LogP contribution is -2.49. The highest BCUT2D eigenvalue weighted by atomic mass is 35.5. The van der Waals surface area contributed by atoms with E-state index in [1.807, 2.05) is 35.2 Å². The van der Waals surface area contributed by atoms with Crippen molar-refractivity contribution in [1.82, 2.24) is 24.7 Å². The maximum Gasteiger partial charge on any atom is 0.253 e. The minimum Gasteiger partial charge on any atom is -0.336 e. The monoisotopic (exact) mass is 651 g/mol. The van der Waals surface area contributed by atoms with Crippen LogP contribution < -0.4 is 5.32 Å². The summed E-state index contributed by atoms with van der Waals surface area (Å²) in [5, 5.41) is 3.81. The lowest BCUT2D eigenvalue weighted by molar-refractivity contribution is 0.0631. The highest BCUT2D eigenvalue weighted by Crippen LogP contribution is 2.34. The van der Waals surface area contributed by atoms with Crippen molar-refractivity contribution in [2.45, 2.75) is 32.2 Å². The summed E-state index contributed by atoms with van der Waals surface area (Å²) in [6.07, 6.45) is 6.99. The summed E-state index contributed by atoms with van der Waals surface area (Å²) >= 11 is 6.40. The van der Waals surface area contributed by atoms with Gasteiger partial charge in [0.15, 0.2) is 0 Å². The molecule has 1 amide bonds. The SMILES string of the molecule is O=C(c1ccc(Nc2ncc3c(n2)-c2ccc(Cl)cc2C(c2ccccc2F)=NC3)cc1)N1CCN(CCCN2CCCCC2)CC1. The Morgan fingerprint density at radius 2 is 1.57 bits per heavy atom. The van der Waals surface area contributed by atoms with Gasteiger partial charge in [-0.25, -0.2) is 14.4 Å². The Morgan fingerprint density at radius 3 is 2.34 bits per heavy atom. The molecular formula is C37H39ClFN7O. The van der Waals surface area contributed by atoms with Crippen molar-refractivity contribution in [3.63, 3.8) is 0 Å². The highest BCUT2D eigenvalue weighted by Gasteiger charge is 2.24. The molecule has 0 bridgehead atoms. The molecule has 0 radical (unpaired) electrons. The fourth-order valence-electron chi connectivity index (χ4n) is 6.75. The molecule has 0 atom stereocenters. The molecule has 3 aliphatic rings. The molecule has 0 aliphatic carbocycles. The zero-order valence-electron chi connectivity index (χ0n) is 26.5. The van der Waals surface area contributed by atoms with E-state index in [1.165, 1.54) is 51.4 Å². The van der Waals surface area contributed by atoms with Gasteiger partial charge in [-0.1, -0.05) is 36.2 Å². The zero-order chi connectivity index (χ0) is 32.2. The average molecular weight is 652 g/mol. The first-order valence-corrected chi connectivity index (χ1v) is 17.0. The molecule has 1 N–H and O–H groups in total. The van der Waals surface area contributed by atoms with E-state index in [1.54, 1.807) is 36.5 Å². The first-order chi connectivity index (χ1) is 23.0. The fourth-order valence-corrected chi connectivity index (χ4v) is 6.92. The number of halogens is 2. The van der Waals surface area contributed by atoms with E-state index >= 15 is 0 Å². The van der Waals surface area contributed by atoms with Crippen LogP contribution in [-0.4, -0.2) is 88.6 Å². The van der Waals surface area contributed by atoms with Gasteiger partial charge in [0.05, 0.1) is 18.0 Å². The second-order valence-corrected chi connectivity index (χ2v) is 12.9. The Morgan fingerprint density at radius 1 is 0.830 bits per heavy atom. The van der Waals surface area contributed by atoms with Crippen LogP contribution in [0.5, 0.6) is 0 Å². The molecule has 2 saturated heterocycles. The van der Waals surface area contributed by atoms with Crippen molar-refractivity contribution in [3.8, 4) is 11.3 Å². The van der Waals surface area contributed by atoms with Crippen LogP contribution in [0.2, 0.25) is 5.02 Å². The summed E-state index contributed by atoms with van der Waals surface area (Å²) in [4.78, 5) is 34.5. The molecule has 10 heteroatoms. The van der Waals surface area contributed by atoms with Crippen LogP contribution >= 0.6 is 11.6 Å². The molecule has 2 fully saturated rings. The van der Waals surface area contributed by atoms with Gasteiger partial charge in [-0.2, -0.15) is 0 Å². The van der Waals surface area contributed by atoms with Crippen LogP contribution in [0.25, 0.3) is 11.3 Å². The van der Waals surface area contributed by atoms with Gasteiger partial charge in [0.2, 0.25) is 5.95 Å². The Hall–Kier alpha value is -4.18. The number of piperidine rings is 1. The molecule has 0 saturated carbocycles. The quantitative estimate of drug-likeness (QED) is 0.230. The van der Waals surface area contributed by atoms with Crippen molar-refractivity contribution in [2.75, 3.05) is 57.7 Å². The summed E-state index contributed by atoms with van der Waals surface area (Å²) < 4.78 is 14.9. The van der Waals surface area contributed by atoms with E-state index in [2.05, 4.69) is 20.1 Å². The number of amides is 1. The molecule has 4 heterocycles. The molecule has 0 unspecified atom stereocenters. The van der Waals surface area contributed by atoms with Gasteiger partial charge in [0.25, 0.3) is 5.91 Å². The molecule has 4 aromatic rings. The van der Waals surface area contributed by atoms with E-state index in [4.69, 9.17) is 21.6 Å². The summed E-state index contributed by atoms with van der Waals surface area (Å²) in [6, 6.07) is 19.6. The summed E-state index contributed by atoms with van der Waals surface area (Å²) in [6.45, 7) is 8.42. The number of anilines is 2. The van der Waals surface area contributed by atoms with Crippen LogP contribution in [0.3, 0.4) is 0 Å². The molecule has 3 aromatic carbocycles. The smallest absolute Gasteiger partial charge is 0.253 e. The number of carbonyl (C=O) groups excluding carboxylic acids is 1. The number of piperazine rings is 1. The second kappa shape index (κ2) is 14.3. The van der Waals surface area contributed by atoms with Crippen LogP contribution in [0, 0.1) is 5.82 Å². The molecule has 242 valence electrons. The minimum atomic E-state index is -0.348.